The first-order valence-corrected chi connectivity index (χ1v) is 8.44. The fraction of sp³-hybridized carbons (Fsp3) is 0.938. The molecule has 1 N–H and O–H groups in total. The SMILES string of the molecule is O=C(CNCC1CCC2(CCCCC2)O1)N1CCCC1. The third kappa shape index (κ3) is 3.34. The lowest BCUT2D eigenvalue weighted by atomic mass is 9.83. The summed E-state index contributed by atoms with van der Waals surface area (Å²) in [5.74, 6) is 0.257. The Bertz CT molecular complexity index is 333. The number of hydrogen-bond acceptors (Lipinski definition) is 3. The minimum absolute atomic E-state index is 0.198. The summed E-state index contributed by atoms with van der Waals surface area (Å²) in [7, 11) is 0. The summed E-state index contributed by atoms with van der Waals surface area (Å²) in [5, 5.41) is 3.31. The van der Waals surface area contributed by atoms with Gasteiger partial charge in [0.05, 0.1) is 18.2 Å². The molecule has 1 spiro atoms. The second-order valence-electron chi connectivity index (χ2n) is 6.74. The lowest BCUT2D eigenvalue weighted by molar-refractivity contribution is -0.129. The van der Waals surface area contributed by atoms with Crippen molar-refractivity contribution in [3.63, 3.8) is 0 Å². The van der Waals surface area contributed by atoms with Gasteiger partial charge in [-0.3, -0.25) is 4.79 Å². The second kappa shape index (κ2) is 6.44. The van der Waals surface area contributed by atoms with E-state index < -0.39 is 0 Å². The average molecular weight is 280 g/mol. The Morgan fingerprint density at radius 2 is 1.85 bits per heavy atom. The third-order valence-electron chi connectivity index (χ3n) is 5.21. The van der Waals surface area contributed by atoms with Gasteiger partial charge in [0, 0.05) is 19.6 Å². The zero-order valence-corrected chi connectivity index (χ0v) is 12.5. The fourth-order valence-electron chi connectivity index (χ4n) is 4.02. The molecule has 3 rings (SSSR count). The zero-order chi connectivity index (χ0) is 13.8. The summed E-state index contributed by atoms with van der Waals surface area (Å²) >= 11 is 0. The lowest BCUT2D eigenvalue weighted by Crippen LogP contribution is -2.40. The highest BCUT2D eigenvalue weighted by Gasteiger charge is 2.40. The van der Waals surface area contributed by atoms with E-state index in [0.29, 0.717) is 12.6 Å². The van der Waals surface area contributed by atoms with Crippen molar-refractivity contribution in [3.05, 3.63) is 0 Å². The van der Waals surface area contributed by atoms with Gasteiger partial charge in [-0.2, -0.15) is 0 Å². The Morgan fingerprint density at radius 3 is 2.60 bits per heavy atom. The topological polar surface area (TPSA) is 41.6 Å². The van der Waals surface area contributed by atoms with Crippen molar-refractivity contribution in [1.29, 1.82) is 0 Å². The van der Waals surface area contributed by atoms with Crippen LogP contribution in [-0.2, 0) is 9.53 Å². The fourth-order valence-corrected chi connectivity index (χ4v) is 4.02. The molecule has 114 valence electrons. The maximum atomic E-state index is 11.9. The number of rotatable bonds is 4. The molecule has 4 heteroatoms. The summed E-state index contributed by atoms with van der Waals surface area (Å²) in [5.41, 5.74) is 0.198. The van der Waals surface area contributed by atoms with Gasteiger partial charge >= 0.3 is 0 Å². The van der Waals surface area contributed by atoms with E-state index in [2.05, 4.69) is 5.32 Å². The van der Waals surface area contributed by atoms with Gasteiger partial charge in [-0.15, -0.1) is 0 Å². The Kier molecular flexibility index (Phi) is 4.61. The smallest absolute Gasteiger partial charge is 0.236 e. The van der Waals surface area contributed by atoms with E-state index >= 15 is 0 Å². The van der Waals surface area contributed by atoms with E-state index in [1.165, 1.54) is 51.4 Å². The molecule has 1 amide bonds. The molecular formula is C16H28N2O2. The molecule has 3 aliphatic rings. The van der Waals surface area contributed by atoms with E-state index in [1.54, 1.807) is 0 Å². The van der Waals surface area contributed by atoms with Crippen LogP contribution in [0.25, 0.3) is 0 Å². The van der Waals surface area contributed by atoms with Crippen LogP contribution in [-0.4, -0.2) is 48.7 Å². The van der Waals surface area contributed by atoms with E-state index in [-0.39, 0.29) is 11.5 Å². The Hall–Kier alpha value is -0.610. The molecule has 0 radical (unpaired) electrons. The number of nitrogens with zero attached hydrogens (tertiary/aromatic N) is 1. The van der Waals surface area contributed by atoms with Gasteiger partial charge in [0.1, 0.15) is 0 Å². The maximum absolute atomic E-state index is 11.9. The molecular weight excluding hydrogens is 252 g/mol. The molecule has 2 heterocycles. The standard InChI is InChI=1S/C16H28N2O2/c19-15(18-10-4-5-11-18)13-17-12-14-6-9-16(20-14)7-2-1-3-8-16/h14,17H,1-13H2. The van der Waals surface area contributed by atoms with Gasteiger partial charge in [0.15, 0.2) is 0 Å². The van der Waals surface area contributed by atoms with E-state index in [0.717, 1.165) is 26.1 Å². The minimum atomic E-state index is 0.198. The molecule has 2 aliphatic heterocycles. The van der Waals surface area contributed by atoms with Crippen molar-refractivity contribution in [2.45, 2.75) is 69.5 Å². The summed E-state index contributed by atoms with van der Waals surface area (Å²) in [6.07, 6.45) is 11.6. The van der Waals surface area contributed by atoms with Crippen LogP contribution >= 0.6 is 0 Å². The maximum Gasteiger partial charge on any atom is 0.236 e. The van der Waals surface area contributed by atoms with E-state index in [4.69, 9.17) is 4.74 Å². The van der Waals surface area contributed by atoms with Crippen molar-refractivity contribution in [1.82, 2.24) is 10.2 Å². The van der Waals surface area contributed by atoms with Crippen molar-refractivity contribution in [2.24, 2.45) is 0 Å². The predicted octanol–water partition coefficient (Wildman–Crippen LogP) is 2.08. The molecule has 4 nitrogen and oxygen atoms in total. The van der Waals surface area contributed by atoms with Crippen molar-refractivity contribution >= 4 is 5.91 Å². The minimum Gasteiger partial charge on any atom is -0.370 e. The van der Waals surface area contributed by atoms with Crippen LogP contribution < -0.4 is 5.32 Å². The predicted molar refractivity (Wildman–Crippen MR) is 78.6 cm³/mol. The number of carbonyl (C=O) groups excluding carboxylic acids is 1. The van der Waals surface area contributed by atoms with Crippen LogP contribution in [0.1, 0.15) is 57.8 Å². The van der Waals surface area contributed by atoms with Gasteiger partial charge in [-0.05, 0) is 38.5 Å². The average Bonchev–Trinajstić information content (AvgIpc) is 3.10. The number of carbonyl (C=O) groups is 1. The summed E-state index contributed by atoms with van der Waals surface area (Å²) in [4.78, 5) is 13.9. The quantitative estimate of drug-likeness (QED) is 0.857. The van der Waals surface area contributed by atoms with E-state index in [9.17, 15) is 4.79 Å². The summed E-state index contributed by atoms with van der Waals surface area (Å²) in [6.45, 7) is 3.21. The molecule has 3 fully saturated rings. The van der Waals surface area contributed by atoms with Crippen LogP contribution in [0.2, 0.25) is 0 Å². The zero-order valence-electron chi connectivity index (χ0n) is 12.5. The van der Waals surface area contributed by atoms with Crippen LogP contribution in [0.4, 0.5) is 0 Å². The van der Waals surface area contributed by atoms with Gasteiger partial charge in [-0.1, -0.05) is 19.3 Å². The number of nitrogens with one attached hydrogen (secondary N) is 1. The molecule has 1 saturated carbocycles. The summed E-state index contributed by atoms with van der Waals surface area (Å²) < 4.78 is 6.31. The molecule has 0 bridgehead atoms. The van der Waals surface area contributed by atoms with Crippen LogP contribution in [0.3, 0.4) is 0 Å². The van der Waals surface area contributed by atoms with Crippen LogP contribution in [0, 0.1) is 0 Å². The number of ether oxygens (including phenoxy) is 1. The van der Waals surface area contributed by atoms with Crippen molar-refractivity contribution in [2.75, 3.05) is 26.2 Å². The largest absolute Gasteiger partial charge is 0.370 e. The normalized spacial score (nSPS) is 29.2. The van der Waals surface area contributed by atoms with Gasteiger partial charge in [0.2, 0.25) is 5.91 Å². The molecule has 0 aromatic rings. The Balaban J connectivity index is 1.36. The molecule has 20 heavy (non-hydrogen) atoms. The highest BCUT2D eigenvalue weighted by molar-refractivity contribution is 5.78. The highest BCUT2D eigenvalue weighted by atomic mass is 16.5. The Morgan fingerprint density at radius 1 is 1.10 bits per heavy atom. The third-order valence-corrected chi connectivity index (χ3v) is 5.21. The van der Waals surface area contributed by atoms with Gasteiger partial charge in [0.25, 0.3) is 0 Å². The molecule has 1 atom stereocenters. The highest BCUT2D eigenvalue weighted by Crippen LogP contribution is 2.41. The molecule has 0 aromatic heterocycles. The van der Waals surface area contributed by atoms with E-state index in [1.807, 2.05) is 4.90 Å². The summed E-state index contributed by atoms with van der Waals surface area (Å²) in [6, 6.07) is 0. The van der Waals surface area contributed by atoms with Crippen LogP contribution in [0.5, 0.6) is 0 Å². The number of hydrogen-bond donors (Lipinski definition) is 1. The first-order valence-electron chi connectivity index (χ1n) is 8.44. The van der Waals surface area contributed by atoms with Crippen molar-refractivity contribution < 1.29 is 9.53 Å². The van der Waals surface area contributed by atoms with Gasteiger partial charge in [-0.25, -0.2) is 0 Å². The molecule has 1 aliphatic carbocycles. The first kappa shape index (κ1) is 14.3. The lowest BCUT2D eigenvalue weighted by Gasteiger charge is -2.33. The molecule has 0 aromatic carbocycles. The first-order chi connectivity index (χ1) is 9.77. The van der Waals surface area contributed by atoms with Crippen LogP contribution in [0.15, 0.2) is 0 Å². The number of amides is 1. The number of likely N-dealkylation sites (tertiary alicyclic amines) is 1. The second-order valence-corrected chi connectivity index (χ2v) is 6.74. The Labute approximate surface area is 122 Å². The monoisotopic (exact) mass is 280 g/mol. The molecule has 2 saturated heterocycles. The van der Waals surface area contributed by atoms with Crippen molar-refractivity contribution in [3.8, 4) is 0 Å². The molecule has 1 unspecified atom stereocenters. The van der Waals surface area contributed by atoms with Gasteiger partial charge < -0.3 is 15.0 Å².